The molecular formula is C22H28N4O4S. The van der Waals surface area contributed by atoms with E-state index < -0.39 is 21.5 Å². The molecule has 0 radical (unpaired) electrons. The molecular weight excluding hydrogens is 416 g/mol. The number of fused-ring (bicyclic) bond motifs is 1. The molecule has 0 spiro atoms. The van der Waals surface area contributed by atoms with Crippen LogP contribution in [0, 0.1) is 12.3 Å². The van der Waals surface area contributed by atoms with Crippen molar-refractivity contribution in [2.45, 2.75) is 74.8 Å². The van der Waals surface area contributed by atoms with Gasteiger partial charge in [0.2, 0.25) is 5.95 Å². The Morgan fingerprint density at radius 2 is 2.00 bits per heavy atom. The van der Waals surface area contributed by atoms with Gasteiger partial charge in [-0.15, -0.1) is 6.42 Å². The Hall–Kier alpha value is -2.44. The van der Waals surface area contributed by atoms with Gasteiger partial charge in [0.1, 0.15) is 15.5 Å². The number of anilines is 1. The molecule has 0 amide bonds. The molecule has 4 rings (SSSR count). The predicted octanol–water partition coefficient (Wildman–Crippen LogP) is 2.02. The largest absolute Gasteiger partial charge is 0.388 e. The van der Waals surface area contributed by atoms with Crippen LogP contribution >= 0.6 is 0 Å². The van der Waals surface area contributed by atoms with Crippen LogP contribution in [0.4, 0.5) is 5.95 Å². The zero-order valence-corrected chi connectivity index (χ0v) is 18.7. The van der Waals surface area contributed by atoms with Crippen LogP contribution < -0.4 is 10.9 Å². The minimum Gasteiger partial charge on any atom is -0.388 e. The first-order valence-corrected chi connectivity index (χ1v) is 12.6. The van der Waals surface area contributed by atoms with Crippen LogP contribution in [0.15, 0.2) is 17.1 Å². The molecule has 9 heteroatoms. The molecule has 2 aliphatic carbocycles. The van der Waals surface area contributed by atoms with E-state index in [1.54, 1.807) is 19.2 Å². The number of nitrogens with one attached hydrogen (secondary N) is 1. The first kappa shape index (κ1) is 21.8. The van der Waals surface area contributed by atoms with Crippen LogP contribution in [0.1, 0.15) is 63.5 Å². The summed E-state index contributed by atoms with van der Waals surface area (Å²) in [5.41, 5.74) is -0.690. The third-order valence-electron chi connectivity index (χ3n) is 6.73. The fourth-order valence-corrected chi connectivity index (χ4v) is 6.07. The van der Waals surface area contributed by atoms with E-state index in [4.69, 9.17) is 6.42 Å². The SMILES string of the molecule is C#Cc1cc2cnc(NC3CCC(S(C)(=O)=O)CC3)nc2n([C@@H]2CCC[C@@]2(C)O)c1=O. The minimum atomic E-state index is -3.03. The van der Waals surface area contributed by atoms with Gasteiger partial charge < -0.3 is 10.4 Å². The van der Waals surface area contributed by atoms with Crippen molar-refractivity contribution in [3.63, 3.8) is 0 Å². The van der Waals surface area contributed by atoms with Gasteiger partial charge >= 0.3 is 0 Å². The van der Waals surface area contributed by atoms with Crippen LogP contribution in [0.25, 0.3) is 11.0 Å². The number of aromatic nitrogens is 3. The summed E-state index contributed by atoms with van der Waals surface area (Å²) in [6.07, 6.45) is 13.2. The lowest BCUT2D eigenvalue weighted by molar-refractivity contribution is 0.0266. The highest BCUT2D eigenvalue weighted by Crippen LogP contribution is 2.39. The maximum atomic E-state index is 13.1. The molecule has 2 fully saturated rings. The lowest BCUT2D eigenvalue weighted by Crippen LogP contribution is -2.38. The zero-order chi connectivity index (χ0) is 22.4. The van der Waals surface area contributed by atoms with Gasteiger partial charge in [0.05, 0.1) is 22.5 Å². The second-order valence-electron chi connectivity index (χ2n) is 9.06. The smallest absolute Gasteiger partial charge is 0.268 e. The lowest BCUT2D eigenvalue weighted by Gasteiger charge is -2.29. The monoisotopic (exact) mass is 444 g/mol. The first-order chi connectivity index (χ1) is 14.6. The fraction of sp³-hybridized carbons (Fsp3) is 0.591. The molecule has 2 heterocycles. The molecule has 2 aliphatic rings. The Morgan fingerprint density at radius 3 is 2.58 bits per heavy atom. The molecule has 0 aromatic carbocycles. The minimum absolute atomic E-state index is 0.0650. The predicted molar refractivity (Wildman–Crippen MR) is 120 cm³/mol. The Kier molecular flexibility index (Phi) is 5.56. The second-order valence-corrected chi connectivity index (χ2v) is 11.4. The number of nitrogens with zero attached hydrogens (tertiary/aromatic N) is 3. The normalized spacial score (nSPS) is 29.0. The third kappa shape index (κ3) is 4.19. The third-order valence-corrected chi connectivity index (χ3v) is 8.41. The van der Waals surface area contributed by atoms with E-state index in [0.29, 0.717) is 55.5 Å². The van der Waals surface area contributed by atoms with Crippen LogP contribution in [-0.4, -0.2) is 51.2 Å². The van der Waals surface area contributed by atoms with E-state index in [0.717, 1.165) is 6.42 Å². The zero-order valence-electron chi connectivity index (χ0n) is 17.8. The van der Waals surface area contributed by atoms with Crippen molar-refractivity contribution in [2.24, 2.45) is 0 Å². The quantitative estimate of drug-likeness (QED) is 0.694. The molecule has 2 aromatic rings. The summed E-state index contributed by atoms with van der Waals surface area (Å²) in [4.78, 5) is 22.1. The summed E-state index contributed by atoms with van der Waals surface area (Å²) < 4.78 is 25.1. The number of pyridine rings is 1. The Balaban J connectivity index is 1.68. The summed E-state index contributed by atoms with van der Waals surface area (Å²) >= 11 is 0. The molecule has 2 atom stereocenters. The molecule has 8 nitrogen and oxygen atoms in total. The Morgan fingerprint density at radius 1 is 1.29 bits per heavy atom. The van der Waals surface area contributed by atoms with Gasteiger partial charge in [-0.1, -0.05) is 5.92 Å². The molecule has 2 aromatic heterocycles. The van der Waals surface area contributed by atoms with Crippen LogP contribution in [0.5, 0.6) is 0 Å². The molecule has 2 N–H and O–H groups in total. The molecule has 0 unspecified atom stereocenters. The first-order valence-electron chi connectivity index (χ1n) is 10.7. The van der Waals surface area contributed by atoms with Crippen LogP contribution in [0.3, 0.4) is 0 Å². The van der Waals surface area contributed by atoms with Crippen LogP contribution in [0.2, 0.25) is 0 Å². The average molecular weight is 445 g/mol. The van der Waals surface area contributed by atoms with E-state index in [-0.39, 0.29) is 22.4 Å². The maximum absolute atomic E-state index is 13.1. The summed E-state index contributed by atoms with van der Waals surface area (Å²) in [7, 11) is -3.03. The molecule has 31 heavy (non-hydrogen) atoms. The van der Waals surface area contributed by atoms with Crippen molar-refractivity contribution in [1.29, 1.82) is 0 Å². The highest BCUT2D eigenvalue weighted by Gasteiger charge is 2.40. The average Bonchev–Trinajstić information content (AvgIpc) is 3.06. The van der Waals surface area contributed by atoms with E-state index >= 15 is 0 Å². The number of sulfone groups is 1. The van der Waals surface area contributed by atoms with Gasteiger partial charge in [-0.25, -0.2) is 13.4 Å². The van der Waals surface area contributed by atoms with E-state index in [9.17, 15) is 18.3 Å². The Labute approximate surface area is 182 Å². The number of hydrogen-bond donors (Lipinski definition) is 2. The summed E-state index contributed by atoms with van der Waals surface area (Å²) in [6, 6.07) is 1.26. The van der Waals surface area contributed by atoms with Gasteiger partial charge in [-0.05, 0) is 57.9 Å². The van der Waals surface area contributed by atoms with Gasteiger partial charge in [0, 0.05) is 23.9 Å². The standard InChI is InChI=1S/C22H28N4O4S/c1-4-14-12-15-13-23-21(24-16-7-9-17(10-8-16)31(3,29)30)25-19(15)26(20(14)27)18-6-5-11-22(18,2)28/h1,12-13,16-18,28H,5-11H2,2-3H3,(H,23,24,25)/t16?,17?,18-,22-/m1/s1. The van der Waals surface area contributed by atoms with Crippen molar-refractivity contribution in [3.05, 3.63) is 28.2 Å². The van der Waals surface area contributed by atoms with Crippen molar-refractivity contribution < 1.29 is 13.5 Å². The van der Waals surface area contributed by atoms with E-state index in [1.807, 2.05) is 0 Å². The number of hydrogen-bond acceptors (Lipinski definition) is 7. The van der Waals surface area contributed by atoms with Crippen molar-refractivity contribution in [1.82, 2.24) is 14.5 Å². The molecule has 0 aliphatic heterocycles. The van der Waals surface area contributed by atoms with Crippen molar-refractivity contribution >= 4 is 26.8 Å². The molecule has 2 saturated carbocycles. The highest BCUT2D eigenvalue weighted by atomic mass is 32.2. The maximum Gasteiger partial charge on any atom is 0.268 e. The molecule has 166 valence electrons. The topological polar surface area (TPSA) is 114 Å². The van der Waals surface area contributed by atoms with Crippen molar-refractivity contribution in [2.75, 3.05) is 11.6 Å². The molecule has 0 bridgehead atoms. The fourth-order valence-electron chi connectivity index (χ4n) is 4.94. The summed E-state index contributed by atoms with van der Waals surface area (Å²) in [5, 5.41) is 14.5. The summed E-state index contributed by atoms with van der Waals surface area (Å²) in [6.45, 7) is 1.74. The van der Waals surface area contributed by atoms with Crippen molar-refractivity contribution in [3.8, 4) is 12.3 Å². The molecule has 0 saturated heterocycles. The Bertz CT molecular complexity index is 1200. The van der Waals surface area contributed by atoms with E-state index in [1.165, 1.54) is 10.8 Å². The van der Waals surface area contributed by atoms with Gasteiger partial charge in [0.25, 0.3) is 5.56 Å². The van der Waals surface area contributed by atoms with E-state index in [2.05, 4.69) is 21.2 Å². The highest BCUT2D eigenvalue weighted by molar-refractivity contribution is 7.91. The number of terminal acetylenes is 1. The second kappa shape index (κ2) is 7.92. The van der Waals surface area contributed by atoms with Gasteiger partial charge in [-0.2, -0.15) is 4.98 Å². The van der Waals surface area contributed by atoms with Gasteiger partial charge in [-0.3, -0.25) is 9.36 Å². The van der Waals surface area contributed by atoms with Crippen LogP contribution in [-0.2, 0) is 9.84 Å². The van der Waals surface area contributed by atoms with Gasteiger partial charge in [0.15, 0.2) is 0 Å². The number of aliphatic hydroxyl groups is 1. The lowest BCUT2D eigenvalue weighted by atomic mass is 9.95. The number of rotatable bonds is 4. The summed E-state index contributed by atoms with van der Waals surface area (Å²) in [5.74, 6) is 2.82.